The van der Waals surface area contributed by atoms with Crippen molar-refractivity contribution in [3.8, 4) is 11.4 Å². The van der Waals surface area contributed by atoms with E-state index in [0.29, 0.717) is 5.16 Å². The maximum atomic E-state index is 12.3. The molecule has 0 atom stereocenters. The van der Waals surface area contributed by atoms with Gasteiger partial charge in [0.2, 0.25) is 11.1 Å². The highest BCUT2D eigenvalue weighted by atomic mass is 32.2. The number of carbonyl (C=O) groups is 1. The van der Waals surface area contributed by atoms with E-state index in [4.69, 9.17) is 4.74 Å². The van der Waals surface area contributed by atoms with Crippen LogP contribution >= 0.6 is 11.8 Å². The van der Waals surface area contributed by atoms with E-state index in [1.807, 2.05) is 48.5 Å². The van der Waals surface area contributed by atoms with Crippen LogP contribution in [0.15, 0.2) is 53.7 Å². The Morgan fingerprint density at radius 3 is 2.39 bits per heavy atom. The number of carbonyl (C=O) groups excluding carboxylic acids is 1. The molecule has 0 unspecified atom stereocenters. The van der Waals surface area contributed by atoms with Crippen molar-refractivity contribution in [1.29, 1.82) is 0 Å². The fourth-order valence-corrected chi connectivity index (χ4v) is 3.23. The fourth-order valence-electron chi connectivity index (χ4n) is 2.54. The van der Waals surface area contributed by atoms with Crippen LogP contribution in [0.3, 0.4) is 0 Å². The smallest absolute Gasteiger partial charge is 0.234 e. The van der Waals surface area contributed by atoms with Crippen molar-refractivity contribution < 1.29 is 9.53 Å². The molecule has 0 saturated carbocycles. The second-order valence-corrected chi connectivity index (χ2v) is 8.18. The average molecular weight is 398 g/mol. The van der Waals surface area contributed by atoms with Gasteiger partial charge in [-0.15, -0.1) is 5.10 Å². The van der Waals surface area contributed by atoms with Crippen molar-refractivity contribution in [3.05, 3.63) is 54.1 Å². The van der Waals surface area contributed by atoms with E-state index in [2.05, 4.69) is 41.6 Å². The van der Waals surface area contributed by atoms with Crippen LogP contribution in [0.25, 0.3) is 5.69 Å². The molecule has 0 radical (unpaired) electrons. The summed E-state index contributed by atoms with van der Waals surface area (Å²) in [6.07, 6.45) is 0. The number of nitrogens with one attached hydrogen (secondary N) is 1. The molecule has 3 aromatic rings. The zero-order valence-corrected chi connectivity index (χ0v) is 17.2. The molecule has 0 aliphatic rings. The van der Waals surface area contributed by atoms with Gasteiger partial charge in [-0.25, -0.2) is 0 Å². The van der Waals surface area contributed by atoms with Crippen molar-refractivity contribution in [2.75, 3.05) is 18.2 Å². The molecule has 0 fully saturated rings. The quantitative estimate of drug-likeness (QED) is 0.639. The second-order valence-electron chi connectivity index (χ2n) is 7.24. The molecule has 3 rings (SSSR count). The lowest BCUT2D eigenvalue weighted by atomic mass is 9.87. The van der Waals surface area contributed by atoms with Crippen LogP contribution < -0.4 is 10.1 Å². The van der Waals surface area contributed by atoms with Crippen LogP contribution in [0.2, 0.25) is 0 Å². The van der Waals surface area contributed by atoms with Gasteiger partial charge in [0, 0.05) is 5.69 Å². The second kappa shape index (κ2) is 8.43. The number of benzene rings is 2. The van der Waals surface area contributed by atoms with Gasteiger partial charge < -0.3 is 10.1 Å². The molecule has 146 valence electrons. The molecule has 2 aromatic carbocycles. The molecular formula is C20H23N5O2S. The molecule has 1 N–H and O–H groups in total. The highest BCUT2D eigenvalue weighted by molar-refractivity contribution is 7.99. The number of methoxy groups -OCH3 is 1. The maximum absolute atomic E-state index is 12.3. The van der Waals surface area contributed by atoms with Gasteiger partial charge >= 0.3 is 0 Å². The van der Waals surface area contributed by atoms with Gasteiger partial charge in [-0.3, -0.25) is 4.79 Å². The third-order valence-electron chi connectivity index (χ3n) is 4.12. The van der Waals surface area contributed by atoms with E-state index in [1.54, 1.807) is 11.8 Å². The molecule has 1 aromatic heterocycles. The van der Waals surface area contributed by atoms with Crippen molar-refractivity contribution in [3.63, 3.8) is 0 Å². The van der Waals surface area contributed by atoms with Gasteiger partial charge in [0.25, 0.3) is 0 Å². The minimum atomic E-state index is -0.113. The number of anilines is 1. The Labute approximate surface area is 168 Å². The lowest BCUT2D eigenvalue weighted by molar-refractivity contribution is -0.113. The van der Waals surface area contributed by atoms with E-state index in [1.165, 1.54) is 17.3 Å². The van der Waals surface area contributed by atoms with Crippen LogP contribution in [-0.4, -0.2) is 39.0 Å². The van der Waals surface area contributed by atoms with Crippen molar-refractivity contribution >= 4 is 23.4 Å². The molecule has 8 heteroatoms. The van der Waals surface area contributed by atoms with E-state index < -0.39 is 0 Å². The van der Waals surface area contributed by atoms with E-state index >= 15 is 0 Å². The SMILES string of the molecule is COc1ccc(-n2nnnc2SCC(=O)Nc2ccc(C(C)(C)C)cc2)cc1. The summed E-state index contributed by atoms with van der Waals surface area (Å²) in [4.78, 5) is 12.3. The molecule has 0 spiro atoms. The van der Waals surface area contributed by atoms with Crippen LogP contribution in [0, 0.1) is 0 Å². The third kappa shape index (κ3) is 4.89. The lowest BCUT2D eigenvalue weighted by Crippen LogP contribution is -2.15. The molecule has 0 aliphatic carbocycles. The van der Waals surface area contributed by atoms with E-state index in [-0.39, 0.29) is 17.1 Å². The van der Waals surface area contributed by atoms with Crippen molar-refractivity contribution in [1.82, 2.24) is 20.2 Å². The largest absolute Gasteiger partial charge is 0.497 e. The number of aromatic nitrogens is 4. The molecule has 0 aliphatic heterocycles. The summed E-state index contributed by atoms with van der Waals surface area (Å²) in [5, 5.41) is 15.2. The summed E-state index contributed by atoms with van der Waals surface area (Å²) in [5.74, 6) is 0.845. The van der Waals surface area contributed by atoms with Gasteiger partial charge in [0.15, 0.2) is 0 Å². The van der Waals surface area contributed by atoms with Crippen LogP contribution in [0.4, 0.5) is 5.69 Å². The summed E-state index contributed by atoms with van der Waals surface area (Å²) in [5.41, 5.74) is 2.87. The Kier molecular flexibility index (Phi) is 5.99. The number of rotatable bonds is 6. The minimum absolute atomic E-state index is 0.0803. The molecule has 1 amide bonds. The average Bonchev–Trinajstić information content (AvgIpc) is 3.15. The van der Waals surface area contributed by atoms with Gasteiger partial charge in [0.1, 0.15) is 5.75 Å². The minimum Gasteiger partial charge on any atom is -0.497 e. The predicted molar refractivity (Wildman–Crippen MR) is 110 cm³/mol. The number of thioether (sulfide) groups is 1. The topological polar surface area (TPSA) is 81.9 Å². The number of tetrazole rings is 1. The molecule has 0 bridgehead atoms. The number of nitrogens with zero attached hydrogens (tertiary/aromatic N) is 4. The van der Waals surface area contributed by atoms with E-state index in [9.17, 15) is 4.79 Å². The predicted octanol–water partition coefficient (Wildman–Crippen LogP) is 3.70. The first-order valence-corrected chi connectivity index (χ1v) is 9.81. The zero-order valence-electron chi connectivity index (χ0n) is 16.3. The summed E-state index contributed by atoms with van der Waals surface area (Å²) in [7, 11) is 1.61. The Morgan fingerprint density at radius 2 is 1.79 bits per heavy atom. The van der Waals surface area contributed by atoms with E-state index in [0.717, 1.165) is 17.1 Å². The Hall–Kier alpha value is -2.87. The Morgan fingerprint density at radius 1 is 1.11 bits per heavy atom. The third-order valence-corrected chi connectivity index (χ3v) is 5.04. The normalized spacial score (nSPS) is 11.3. The number of ether oxygens (including phenoxy) is 1. The highest BCUT2D eigenvalue weighted by Crippen LogP contribution is 2.24. The summed E-state index contributed by atoms with van der Waals surface area (Å²) in [6.45, 7) is 6.47. The molecule has 1 heterocycles. The Balaban J connectivity index is 1.60. The van der Waals surface area contributed by atoms with Crippen LogP contribution in [0.5, 0.6) is 5.75 Å². The summed E-state index contributed by atoms with van der Waals surface area (Å²) >= 11 is 1.28. The standard InChI is InChI=1S/C20H23N5O2S/c1-20(2,3)14-5-7-15(8-6-14)21-18(26)13-28-19-22-23-24-25(19)16-9-11-17(27-4)12-10-16/h5-12H,13H2,1-4H3,(H,21,26). The van der Waals surface area contributed by atoms with Gasteiger partial charge in [-0.05, 0) is 57.8 Å². The first-order chi connectivity index (χ1) is 13.4. The zero-order chi connectivity index (χ0) is 20.1. The number of amides is 1. The van der Waals surface area contributed by atoms with Crippen LogP contribution in [0.1, 0.15) is 26.3 Å². The first-order valence-electron chi connectivity index (χ1n) is 8.83. The van der Waals surface area contributed by atoms with Gasteiger partial charge in [-0.1, -0.05) is 44.7 Å². The van der Waals surface area contributed by atoms with Crippen molar-refractivity contribution in [2.45, 2.75) is 31.3 Å². The molecular weight excluding hydrogens is 374 g/mol. The monoisotopic (exact) mass is 397 g/mol. The number of hydrogen-bond acceptors (Lipinski definition) is 6. The maximum Gasteiger partial charge on any atom is 0.234 e. The summed E-state index contributed by atoms with van der Waals surface area (Å²) in [6, 6.07) is 15.3. The van der Waals surface area contributed by atoms with Gasteiger partial charge in [-0.2, -0.15) is 4.68 Å². The Bertz CT molecular complexity index is 930. The van der Waals surface area contributed by atoms with Gasteiger partial charge in [0.05, 0.1) is 18.6 Å². The highest BCUT2D eigenvalue weighted by Gasteiger charge is 2.14. The fraction of sp³-hybridized carbons (Fsp3) is 0.300. The number of hydrogen-bond donors (Lipinski definition) is 1. The summed E-state index contributed by atoms with van der Waals surface area (Å²) < 4.78 is 6.75. The van der Waals surface area contributed by atoms with Crippen molar-refractivity contribution in [2.24, 2.45) is 0 Å². The lowest BCUT2D eigenvalue weighted by Gasteiger charge is -2.19. The molecule has 28 heavy (non-hydrogen) atoms. The molecule has 0 saturated heterocycles. The first kappa shape index (κ1) is 19.9. The molecule has 7 nitrogen and oxygen atoms in total. The van der Waals surface area contributed by atoms with Crippen LogP contribution in [-0.2, 0) is 10.2 Å².